The van der Waals surface area contributed by atoms with Gasteiger partial charge in [-0.1, -0.05) is 29.8 Å². The number of ether oxygens (including phenoxy) is 1. The summed E-state index contributed by atoms with van der Waals surface area (Å²) in [7, 11) is 0. The summed E-state index contributed by atoms with van der Waals surface area (Å²) in [6.07, 6.45) is 3.84. The normalized spacial score (nSPS) is 24.8. The number of piperazine rings is 1. The number of carbonyl (C=O) groups excluding carboxylic acids is 1. The van der Waals surface area contributed by atoms with E-state index in [-0.39, 0.29) is 30.5 Å². The second kappa shape index (κ2) is 8.88. The number of benzene rings is 1. The lowest BCUT2D eigenvalue weighted by Gasteiger charge is -2.38. The molecular formula is C17H24Cl2N2O2. The third-order valence-corrected chi connectivity index (χ3v) is 4.85. The van der Waals surface area contributed by atoms with Crippen LogP contribution in [0.5, 0.6) is 0 Å². The number of nitrogens with zero attached hydrogens (tertiary/aromatic N) is 1. The van der Waals surface area contributed by atoms with Crippen molar-refractivity contribution in [1.82, 2.24) is 10.2 Å². The standard InChI is InChI=1S/C17H23ClN2O2.ClH/c18-15-7-2-1-6-14(15)16-12-19-8-9-20(16)17(21)11-13-5-3-4-10-22-13;/h1-2,6-7,13,16,19H,3-5,8-12H2;1H. The number of hydrogen-bond acceptors (Lipinski definition) is 3. The molecule has 0 radical (unpaired) electrons. The highest BCUT2D eigenvalue weighted by molar-refractivity contribution is 6.31. The molecule has 1 aromatic rings. The van der Waals surface area contributed by atoms with Crippen molar-refractivity contribution in [3.8, 4) is 0 Å². The highest BCUT2D eigenvalue weighted by atomic mass is 35.5. The molecule has 4 nitrogen and oxygen atoms in total. The van der Waals surface area contributed by atoms with Crippen molar-refractivity contribution in [2.75, 3.05) is 26.2 Å². The predicted molar refractivity (Wildman–Crippen MR) is 94.2 cm³/mol. The molecule has 6 heteroatoms. The fourth-order valence-electron chi connectivity index (χ4n) is 3.31. The molecule has 1 amide bonds. The van der Waals surface area contributed by atoms with Gasteiger partial charge >= 0.3 is 0 Å². The van der Waals surface area contributed by atoms with Crippen molar-refractivity contribution in [3.05, 3.63) is 34.9 Å². The summed E-state index contributed by atoms with van der Waals surface area (Å²) in [6.45, 7) is 3.09. The van der Waals surface area contributed by atoms with Crippen molar-refractivity contribution in [3.63, 3.8) is 0 Å². The van der Waals surface area contributed by atoms with Crippen LogP contribution in [0, 0.1) is 0 Å². The zero-order valence-electron chi connectivity index (χ0n) is 13.2. The third-order valence-electron chi connectivity index (χ3n) is 4.50. The largest absolute Gasteiger partial charge is 0.378 e. The van der Waals surface area contributed by atoms with Gasteiger partial charge in [0.05, 0.1) is 18.6 Å². The van der Waals surface area contributed by atoms with Crippen molar-refractivity contribution >= 4 is 29.9 Å². The number of amides is 1. The Balaban J connectivity index is 0.00000192. The van der Waals surface area contributed by atoms with Gasteiger partial charge in [-0.25, -0.2) is 0 Å². The first-order valence-corrected chi connectivity index (χ1v) is 8.49. The first-order chi connectivity index (χ1) is 10.8. The zero-order valence-corrected chi connectivity index (χ0v) is 14.7. The molecule has 2 heterocycles. The smallest absolute Gasteiger partial charge is 0.225 e. The number of rotatable bonds is 3. The molecule has 23 heavy (non-hydrogen) atoms. The fraction of sp³-hybridized carbons (Fsp3) is 0.588. The second-order valence-corrected chi connectivity index (χ2v) is 6.43. The van der Waals surface area contributed by atoms with E-state index in [9.17, 15) is 4.79 Å². The van der Waals surface area contributed by atoms with Crippen LogP contribution in [0.25, 0.3) is 0 Å². The van der Waals surface area contributed by atoms with Crippen LogP contribution < -0.4 is 5.32 Å². The summed E-state index contributed by atoms with van der Waals surface area (Å²) < 4.78 is 5.71. The van der Waals surface area contributed by atoms with E-state index in [0.29, 0.717) is 6.42 Å². The summed E-state index contributed by atoms with van der Waals surface area (Å²) in [5.74, 6) is 0.179. The maximum Gasteiger partial charge on any atom is 0.225 e. The van der Waals surface area contributed by atoms with E-state index < -0.39 is 0 Å². The molecule has 0 bridgehead atoms. The minimum absolute atomic E-state index is 0. The van der Waals surface area contributed by atoms with E-state index in [4.69, 9.17) is 16.3 Å². The summed E-state index contributed by atoms with van der Waals surface area (Å²) in [6, 6.07) is 7.81. The molecule has 3 rings (SSSR count). The van der Waals surface area contributed by atoms with Crippen LogP contribution in [-0.2, 0) is 9.53 Å². The van der Waals surface area contributed by atoms with Gasteiger partial charge in [-0.3, -0.25) is 4.79 Å². The van der Waals surface area contributed by atoms with Gasteiger partial charge in [0.15, 0.2) is 0 Å². The van der Waals surface area contributed by atoms with Crippen LogP contribution in [0.15, 0.2) is 24.3 Å². The van der Waals surface area contributed by atoms with Crippen molar-refractivity contribution in [2.24, 2.45) is 0 Å². The van der Waals surface area contributed by atoms with Gasteiger partial charge in [-0.2, -0.15) is 0 Å². The lowest BCUT2D eigenvalue weighted by molar-refractivity contribution is -0.138. The van der Waals surface area contributed by atoms with Gasteiger partial charge in [0, 0.05) is 31.3 Å². The molecule has 2 fully saturated rings. The Morgan fingerprint density at radius 2 is 2.17 bits per heavy atom. The number of nitrogens with one attached hydrogen (secondary N) is 1. The molecule has 2 aliphatic rings. The monoisotopic (exact) mass is 358 g/mol. The number of carbonyl (C=O) groups is 1. The summed E-state index contributed by atoms with van der Waals surface area (Å²) in [5.41, 5.74) is 1.02. The predicted octanol–water partition coefficient (Wildman–Crippen LogP) is 3.19. The Morgan fingerprint density at radius 3 is 2.91 bits per heavy atom. The van der Waals surface area contributed by atoms with E-state index >= 15 is 0 Å². The van der Waals surface area contributed by atoms with E-state index in [2.05, 4.69) is 5.32 Å². The van der Waals surface area contributed by atoms with Gasteiger partial charge in [0.1, 0.15) is 0 Å². The van der Waals surface area contributed by atoms with Crippen LogP contribution in [-0.4, -0.2) is 43.2 Å². The van der Waals surface area contributed by atoms with E-state index in [1.54, 1.807) is 0 Å². The van der Waals surface area contributed by atoms with E-state index in [0.717, 1.165) is 56.1 Å². The van der Waals surface area contributed by atoms with Crippen molar-refractivity contribution in [2.45, 2.75) is 37.8 Å². The Bertz CT molecular complexity index is 521. The SMILES string of the molecule is Cl.O=C(CC1CCCCO1)N1CCNCC1c1ccccc1Cl. The van der Waals surface area contributed by atoms with Crippen LogP contribution in [0.2, 0.25) is 5.02 Å². The zero-order chi connectivity index (χ0) is 15.4. The molecule has 2 saturated heterocycles. The molecule has 0 saturated carbocycles. The van der Waals surface area contributed by atoms with Crippen LogP contribution in [0.4, 0.5) is 0 Å². The van der Waals surface area contributed by atoms with Crippen LogP contribution in [0.1, 0.15) is 37.3 Å². The highest BCUT2D eigenvalue weighted by Gasteiger charge is 2.30. The van der Waals surface area contributed by atoms with E-state index in [1.807, 2.05) is 29.2 Å². The van der Waals surface area contributed by atoms with Crippen molar-refractivity contribution < 1.29 is 9.53 Å². The summed E-state index contributed by atoms with van der Waals surface area (Å²) in [4.78, 5) is 14.7. The summed E-state index contributed by atoms with van der Waals surface area (Å²) in [5, 5.41) is 4.09. The van der Waals surface area contributed by atoms with Gasteiger partial charge < -0.3 is 15.0 Å². The molecular weight excluding hydrogens is 335 g/mol. The van der Waals surface area contributed by atoms with Crippen LogP contribution in [0.3, 0.4) is 0 Å². The van der Waals surface area contributed by atoms with Gasteiger partial charge in [0.25, 0.3) is 0 Å². The second-order valence-electron chi connectivity index (χ2n) is 6.02. The average molecular weight is 359 g/mol. The molecule has 2 unspecified atom stereocenters. The maximum atomic E-state index is 12.7. The van der Waals surface area contributed by atoms with Crippen molar-refractivity contribution in [1.29, 1.82) is 0 Å². The maximum absolute atomic E-state index is 12.7. The van der Waals surface area contributed by atoms with Gasteiger partial charge in [0.2, 0.25) is 5.91 Å². The molecule has 128 valence electrons. The lowest BCUT2D eigenvalue weighted by atomic mass is 10.0. The average Bonchev–Trinajstić information content (AvgIpc) is 2.56. The minimum atomic E-state index is 0. The Kier molecular flexibility index (Phi) is 7.15. The molecule has 0 aliphatic carbocycles. The van der Waals surface area contributed by atoms with E-state index in [1.165, 1.54) is 0 Å². The van der Waals surface area contributed by atoms with Gasteiger partial charge in [-0.05, 0) is 30.9 Å². The summed E-state index contributed by atoms with van der Waals surface area (Å²) >= 11 is 6.33. The highest BCUT2D eigenvalue weighted by Crippen LogP contribution is 2.29. The Hall–Kier alpha value is -0.810. The molecule has 0 spiro atoms. The first kappa shape index (κ1) is 18.5. The fourth-order valence-corrected chi connectivity index (χ4v) is 3.57. The molecule has 2 atom stereocenters. The molecule has 2 aliphatic heterocycles. The third kappa shape index (κ3) is 4.60. The molecule has 0 aromatic heterocycles. The molecule has 1 N–H and O–H groups in total. The minimum Gasteiger partial charge on any atom is -0.378 e. The quantitative estimate of drug-likeness (QED) is 0.901. The van der Waals surface area contributed by atoms with Gasteiger partial charge in [-0.15, -0.1) is 12.4 Å². The Labute approximate surface area is 148 Å². The Morgan fingerprint density at radius 1 is 1.35 bits per heavy atom. The lowest BCUT2D eigenvalue weighted by Crippen LogP contribution is -2.49. The number of halogens is 2. The molecule has 1 aromatic carbocycles. The topological polar surface area (TPSA) is 41.6 Å². The van der Waals surface area contributed by atoms with Crippen LogP contribution >= 0.6 is 24.0 Å². The number of hydrogen-bond donors (Lipinski definition) is 1. The first-order valence-electron chi connectivity index (χ1n) is 8.12.